The Kier molecular flexibility index (Phi) is 4.69. The molecule has 1 unspecified atom stereocenters. The molecule has 1 aliphatic carbocycles. The predicted molar refractivity (Wildman–Crippen MR) is 108 cm³/mol. The average molecular weight is 378 g/mol. The first kappa shape index (κ1) is 17.6. The Labute approximate surface area is 165 Å². The van der Waals surface area contributed by atoms with Gasteiger partial charge in [-0.3, -0.25) is 9.69 Å². The van der Waals surface area contributed by atoms with Gasteiger partial charge in [-0.05, 0) is 61.1 Å². The molecule has 5 nitrogen and oxygen atoms in total. The van der Waals surface area contributed by atoms with Crippen molar-refractivity contribution in [3.8, 4) is 11.5 Å². The van der Waals surface area contributed by atoms with Gasteiger partial charge in [-0.2, -0.15) is 0 Å². The molecule has 1 amide bonds. The highest BCUT2D eigenvalue weighted by molar-refractivity contribution is 5.94. The van der Waals surface area contributed by atoms with Crippen LogP contribution in [-0.2, 0) is 17.6 Å². The topological polar surface area (TPSA) is 50.8 Å². The summed E-state index contributed by atoms with van der Waals surface area (Å²) in [7, 11) is 0. The van der Waals surface area contributed by atoms with E-state index in [1.807, 2.05) is 30.3 Å². The van der Waals surface area contributed by atoms with Gasteiger partial charge in [-0.15, -0.1) is 0 Å². The number of rotatable bonds is 3. The first-order valence-corrected chi connectivity index (χ1v) is 10.3. The van der Waals surface area contributed by atoms with Crippen molar-refractivity contribution in [1.82, 2.24) is 4.90 Å². The van der Waals surface area contributed by atoms with Crippen LogP contribution in [0.2, 0.25) is 0 Å². The number of ether oxygens (including phenoxy) is 2. The van der Waals surface area contributed by atoms with Crippen LogP contribution in [0.4, 0.5) is 5.69 Å². The van der Waals surface area contributed by atoms with Crippen LogP contribution in [0.15, 0.2) is 42.5 Å². The molecule has 5 heteroatoms. The van der Waals surface area contributed by atoms with Gasteiger partial charge in [-0.25, -0.2) is 0 Å². The zero-order chi connectivity index (χ0) is 18.9. The third kappa shape index (κ3) is 3.47. The molecule has 2 aromatic carbocycles. The Balaban J connectivity index is 1.24. The minimum Gasteiger partial charge on any atom is -0.485 e. The fourth-order valence-electron chi connectivity index (χ4n) is 4.31. The molecule has 2 heterocycles. The Morgan fingerprint density at radius 3 is 2.57 bits per heavy atom. The fourth-order valence-corrected chi connectivity index (χ4v) is 4.31. The lowest BCUT2D eigenvalue weighted by atomic mass is 9.91. The maximum absolute atomic E-state index is 12.7. The summed E-state index contributed by atoms with van der Waals surface area (Å²) in [6, 6.07) is 14.5. The molecule has 0 bridgehead atoms. The lowest BCUT2D eigenvalue weighted by molar-refractivity contribution is -0.125. The molecular formula is C23H26N2O3. The van der Waals surface area contributed by atoms with Gasteiger partial charge in [0.15, 0.2) is 11.5 Å². The van der Waals surface area contributed by atoms with E-state index in [1.165, 1.54) is 30.4 Å². The number of anilines is 1. The van der Waals surface area contributed by atoms with Crippen molar-refractivity contribution in [3.05, 3.63) is 53.6 Å². The van der Waals surface area contributed by atoms with Crippen molar-refractivity contribution in [2.24, 2.45) is 0 Å². The van der Waals surface area contributed by atoms with E-state index in [-0.39, 0.29) is 12.5 Å². The Bertz CT molecular complexity index is 878. The summed E-state index contributed by atoms with van der Waals surface area (Å²) in [6.45, 7) is 2.49. The molecule has 0 radical (unpaired) electrons. The molecule has 2 aliphatic heterocycles. The van der Waals surface area contributed by atoms with Crippen molar-refractivity contribution in [1.29, 1.82) is 0 Å². The quantitative estimate of drug-likeness (QED) is 0.889. The summed E-state index contributed by atoms with van der Waals surface area (Å²) in [5.41, 5.74) is 3.60. The number of para-hydroxylation sites is 2. The molecule has 1 fully saturated rings. The van der Waals surface area contributed by atoms with Crippen molar-refractivity contribution < 1.29 is 14.3 Å². The lowest BCUT2D eigenvalue weighted by Gasteiger charge is -2.36. The molecular weight excluding hydrogens is 352 g/mol. The van der Waals surface area contributed by atoms with Gasteiger partial charge in [0.2, 0.25) is 6.10 Å². The molecule has 146 valence electrons. The summed E-state index contributed by atoms with van der Waals surface area (Å²) in [4.78, 5) is 15.3. The molecule has 1 atom stereocenters. The Morgan fingerprint density at radius 2 is 1.79 bits per heavy atom. The highest BCUT2D eigenvalue weighted by atomic mass is 16.6. The van der Waals surface area contributed by atoms with Crippen LogP contribution in [0.5, 0.6) is 11.5 Å². The molecule has 1 saturated carbocycles. The number of nitrogens with one attached hydrogen (secondary N) is 1. The van der Waals surface area contributed by atoms with E-state index in [0.717, 1.165) is 37.7 Å². The smallest absolute Gasteiger partial charge is 0.269 e. The average Bonchev–Trinajstić information content (AvgIpc) is 2.89. The molecule has 28 heavy (non-hydrogen) atoms. The van der Waals surface area contributed by atoms with E-state index in [4.69, 9.17) is 9.47 Å². The van der Waals surface area contributed by atoms with Crippen LogP contribution in [0.25, 0.3) is 0 Å². The number of nitrogens with zero attached hydrogens (tertiary/aromatic N) is 1. The van der Waals surface area contributed by atoms with Crippen LogP contribution in [0.1, 0.15) is 30.4 Å². The van der Waals surface area contributed by atoms with Gasteiger partial charge in [0, 0.05) is 24.8 Å². The fraction of sp³-hybridized carbons (Fsp3) is 0.435. The van der Waals surface area contributed by atoms with Crippen molar-refractivity contribution in [2.45, 2.75) is 44.2 Å². The molecule has 3 aliphatic rings. The molecule has 5 rings (SSSR count). The highest BCUT2D eigenvalue weighted by Crippen LogP contribution is 2.31. The van der Waals surface area contributed by atoms with E-state index in [2.05, 4.69) is 22.3 Å². The molecule has 2 aromatic rings. The van der Waals surface area contributed by atoms with E-state index in [1.54, 1.807) is 0 Å². The largest absolute Gasteiger partial charge is 0.485 e. The summed E-state index contributed by atoms with van der Waals surface area (Å²) in [5.74, 6) is 1.14. The first-order valence-electron chi connectivity index (χ1n) is 10.3. The Hall–Kier alpha value is -2.53. The number of fused-ring (bicyclic) bond motifs is 2. The zero-order valence-electron chi connectivity index (χ0n) is 16.0. The number of carbonyl (C=O) groups excluding carboxylic acids is 1. The van der Waals surface area contributed by atoms with Crippen molar-refractivity contribution in [2.75, 3.05) is 25.0 Å². The van der Waals surface area contributed by atoms with Gasteiger partial charge in [-0.1, -0.05) is 24.6 Å². The van der Waals surface area contributed by atoms with Gasteiger partial charge in [0.1, 0.15) is 6.61 Å². The SMILES string of the molecule is O=C(Nc1ccc2c(c1)CCN(C1CCC1)CC2)C1COc2ccccc2O1. The van der Waals surface area contributed by atoms with E-state index >= 15 is 0 Å². The van der Waals surface area contributed by atoms with E-state index in [0.29, 0.717) is 11.5 Å². The molecule has 0 spiro atoms. The maximum atomic E-state index is 12.7. The summed E-state index contributed by atoms with van der Waals surface area (Å²) in [5, 5.41) is 3.01. The zero-order valence-corrected chi connectivity index (χ0v) is 16.0. The van der Waals surface area contributed by atoms with Crippen LogP contribution in [0.3, 0.4) is 0 Å². The summed E-state index contributed by atoms with van der Waals surface area (Å²) >= 11 is 0. The Morgan fingerprint density at radius 1 is 1.00 bits per heavy atom. The number of amides is 1. The number of benzene rings is 2. The van der Waals surface area contributed by atoms with Crippen molar-refractivity contribution in [3.63, 3.8) is 0 Å². The lowest BCUT2D eigenvalue weighted by Crippen LogP contribution is -2.41. The second-order valence-corrected chi connectivity index (χ2v) is 7.96. The highest BCUT2D eigenvalue weighted by Gasteiger charge is 2.28. The minimum atomic E-state index is -0.636. The molecule has 1 N–H and O–H groups in total. The predicted octanol–water partition coefficient (Wildman–Crippen LogP) is 3.42. The third-order valence-corrected chi connectivity index (χ3v) is 6.20. The maximum Gasteiger partial charge on any atom is 0.269 e. The van der Waals surface area contributed by atoms with E-state index < -0.39 is 6.10 Å². The van der Waals surface area contributed by atoms with Crippen LogP contribution < -0.4 is 14.8 Å². The van der Waals surface area contributed by atoms with Gasteiger partial charge >= 0.3 is 0 Å². The molecule has 0 aromatic heterocycles. The second-order valence-electron chi connectivity index (χ2n) is 7.96. The molecule has 0 saturated heterocycles. The first-order chi connectivity index (χ1) is 13.8. The van der Waals surface area contributed by atoms with Crippen LogP contribution in [0, 0.1) is 0 Å². The van der Waals surface area contributed by atoms with E-state index in [9.17, 15) is 4.79 Å². The van der Waals surface area contributed by atoms with Crippen LogP contribution in [-0.4, -0.2) is 42.6 Å². The number of hydrogen-bond donors (Lipinski definition) is 1. The minimum absolute atomic E-state index is 0.167. The van der Waals surface area contributed by atoms with Gasteiger partial charge < -0.3 is 14.8 Å². The van der Waals surface area contributed by atoms with Crippen LogP contribution >= 0.6 is 0 Å². The number of carbonyl (C=O) groups is 1. The third-order valence-electron chi connectivity index (χ3n) is 6.20. The summed E-state index contributed by atoms with van der Waals surface area (Å²) in [6.07, 6.45) is 5.58. The van der Waals surface area contributed by atoms with Gasteiger partial charge in [0.05, 0.1) is 0 Å². The number of hydrogen-bond acceptors (Lipinski definition) is 4. The standard InChI is InChI=1S/C23H26N2O3/c26-23(22-15-27-20-6-1-2-7-21(20)28-22)24-18-9-8-16-10-12-25(19-4-3-5-19)13-11-17(16)14-18/h1-2,6-9,14,19,22H,3-5,10-13,15H2,(H,24,26). The summed E-state index contributed by atoms with van der Waals surface area (Å²) < 4.78 is 11.5. The second kappa shape index (κ2) is 7.47. The monoisotopic (exact) mass is 378 g/mol. The van der Waals surface area contributed by atoms with Gasteiger partial charge in [0.25, 0.3) is 5.91 Å². The normalized spacial score (nSPS) is 21.9. The van der Waals surface area contributed by atoms with Crippen molar-refractivity contribution >= 4 is 11.6 Å².